The van der Waals surface area contributed by atoms with Gasteiger partial charge in [-0.15, -0.1) is 11.3 Å². The average molecular weight is 347 g/mol. The van der Waals surface area contributed by atoms with Gasteiger partial charge in [0.1, 0.15) is 17.1 Å². The number of aliphatic imine (C=N–C) groups is 1. The molecule has 128 valence electrons. The van der Waals surface area contributed by atoms with Gasteiger partial charge in [-0.1, -0.05) is 0 Å². The minimum Gasteiger partial charge on any atom is -0.463 e. The molecule has 3 heterocycles. The summed E-state index contributed by atoms with van der Waals surface area (Å²) in [5, 5.41) is 18.8. The van der Waals surface area contributed by atoms with E-state index in [1.807, 2.05) is 35.2 Å². The van der Waals surface area contributed by atoms with E-state index in [2.05, 4.69) is 20.6 Å². The van der Waals surface area contributed by atoms with E-state index >= 15 is 0 Å². The molecule has 3 aromatic rings. The number of aliphatic hydroxyl groups is 1. The van der Waals surface area contributed by atoms with Gasteiger partial charge in [0, 0.05) is 24.8 Å². The van der Waals surface area contributed by atoms with Crippen molar-refractivity contribution >= 4 is 22.3 Å². The van der Waals surface area contributed by atoms with Gasteiger partial charge in [0.25, 0.3) is 0 Å². The first-order chi connectivity index (χ1) is 11.5. The Kier molecular flexibility index (Phi) is 4.59. The number of imidazole rings is 1. The molecule has 24 heavy (non-hydrogen) atoms. The van der Waals surface area contributed by atoms with E-state index < -0.39 is 5.60 Å². The highest BCUT2D eigenvalue weighted by molar-refractivity contribution is 7.15. The highest BCUT2D eigenvalue weighted by Crippen LogP contribution is 2.21. The van der Waals surface area contributed by atoms with E-state index in [-0.39, 0.29) is 6.54 Å². The number of fused-ring (bicyclic) bond motifs is 1. The quantitative estimate of drug-likeness (QED) is 0.484. The summed E-state index contributed by atoms with van der Waals surface area (Å²) < 4.78 is 7.49. The molecule has 0 aliphatic rings. The van der Waals surface area contributed by atoms with Gasteiger partial charge in [0.15, 0.2) is 10.9 Å². The Bertz CT molecular complexity index is 817. The van der Waals surface area contributed by atoms with Gasteiger partial charge in [-0.25, -0.2) is 4.98 Å². The zero-order chi connectivity index (χ0) is 17.2. The van der Waals surface area contributed by atoms with Crippen LogP contribution in [0.5, 0.6) is 0 Å². The topological polar surface area (TPSA) is 87.1 Å². The highest BCUT2D eigenvalue weighted by Gasteiger charge is 2.27. The number of hydrogen-bond acceptors (Lipinski definition) is 5. The van der Waals surface area contributed by atoms with Crippen molar-refractivity contribution in [2.24, 2.45) is 4.99 Å². The van der Waals surface area contributed by atoms with Crippen LogP contribution in [-0.4, -0.2) is 34.0 Å². The predicted molar refractivity (Wildman–Crippen MR) is 94.3 cm³/mol. The zero-order valence-electron chi connectivity index (χ0n) is 13.9. The second-order valence-corrected chi connectivity index (χ2v) is 6.66. The number of nitrogens with one attached hydrogen (secondary N) is 2. The molecule has 0 saturated heterocycles. The number of aromatic nitrogens is 2. The van der Waals surface area contributed by atoms with Crippen molar-refractivity contribution in [2.75, 3.05) is 13.6 Å². The summed E-state index contributed by atoms with van der Waals surface area (Å²) in [4.78, 5) is 9.64. The van der Waals surface area contributed by atoms with E-state index in [1.54, 1.807) is 31.4 Å². The van der Waals surface area contributed by atoms with E-state index in [4.69, 9.17) is 4.42 Å². The Morgan fingerprint density at radius 3 is 2.96 bits per heavy atom. The van der Waals surface area contributed by atoms with Crippen molar-refractivity contribution in [3.8, 4) is 0 Å². The lowest BCUT2D eigenvalue weighted by molar-refractivity contribution is 0.0378. The third kappa shape index (κ3) is 3.60. The first-order valence-electron chi connectivity index (χ1n) is 7.63. The van der Waals surface area contributed by atoms with Gasteiger partial charge < -0.3 is 20.2 Å². The first kappa shape index (κ1) is 16.5. The predicted octanol–water partition coefficient (Wildman–Crippen LogP) is 1.87. The van der Waals surface area contributed by atoms with Crippen molar-refractivity contribution in [3.63, 3.8) is 0 Å². The lowest BCUT2D eigenvalue weighted by Crippen LogP contribution is -2.44. The summed E-state index contributed by atoms with van der Waals surface area (Å²) in [6, 6.07) is 3.62. The third-order valence-corrected chi connectivity index (χ3v) is 4.45. The average Bonchev–Trinajstić information content (AvgIpc) is 3.23. The Labute approximate surface area is 144 Å². The third-order valence-electron chi connectivity index (χ3n) is 3.67. The molecule has 0 spiro atoms. The zero-order valence-corrected chi connectivity index (χ0v) is 14.7. The molecule has 3 N–H and O–H groups in total. The monoisotopic (exact) mass is 347 g/mol. The molecule has 1 atom stereocenters. The van der Waals surface area contributed by atoms with Crippen molar-refractivity contribution in [3.05, 3.63) is 47.1 Å². The lowest BCUT2D eigenvalue weighted by Gasteiger charge is -2.22. The molecule has 8 heteroatoms. The maximum absolute atomic E-state index is 10.5. The molecule has 0 aliphatic heterocycles. The number of rotatable bonds is 5. The van der Waals surface area contributed by atoms with Crippen LogP contribution in [0.4, 0.5) is 0 Å². The maximum atomic E-state index is 10.5. The van der Waals surface area contributed by atoms with Crippen molar-refractivity contribution in [1.82, 2.24) is 20.0 Å². The molecule has 0 saturated carbocycles. The van der Waals surface area contributed by atoms with Gasteiger partial charge >= 0.3 is 0 Å². The van der Waals surface area contributed by atoms with Gasteiger partial charge in [-0.05, 0) is 26.0 Å². The number of hydrogen-bond donors (Lipinski definition) is 3. The molecule has 3 rings (SSSR count). The Balaban J connectivity index is 1.55. The number of nitrogens with zero attached hydrogens (tertiary/aromatic N) is 3. The minimum atomic E-state index is -1.12. The van der Waals surface area contributed by atoms with Gasteiger partial charge in [0.05, 0.1) is 18.8 Å². The number of furan rings is 1. The van der Waals surface area contributed by atoms with E-state index in [9.17, 15) is 5.11 Å². The van der Waals surface area contributed by atoms with Gasteiger partial charge in [-0.2, -0.15) is 0 Å². The molecule has 0 fully saturated rings. The van der Waals surface area contributed by atoms with Crippen LogP contribution in [0.1, 0.15) is 24.1 Å². The summed E-state index contributed by atoms with van der Waals surface area (Å²) in [6.07, 6.45) is 3.96. The van der Waals surface area contributed by atoms with Crippen molar-refractivity contribution in [2.45, 2.75) is 26.0 Å². The van der Waals surface area contributed by atoms with E-state index in [1.165, 1.54) is 0 Å². The second kappa shape index (κ2) is 6.66. The molecule has 0 bridgehead atoms. The van der Waals surface area contributed by atoms with Crippen LogP contribution in [0.3, 0.4) is 0 Å². The normalized spacial score (nSPS) is 14.8. The molecule has 7 nitrogen and oxygen atoms in total. The fourth-order valence-corrected chi connectivity index (χ4v) is 3.04. The molecule has 0 amide bonds. The van der Waals surface area contributed by atoms with Crippen LogP contribution in [-0.2, 0) is 12.1 Å². The van der Waals surface area contributed by atoms with Crippen LogP contribution in [0, 0.1) is 6.92 Å². The molecule has 3 aromatic heterocycles. The summed E-state index contributed by atoms with van der Waals surface area (Å²) in [6.45, 7) is 4.38. The van der Waals surface area contributed by atoms with Crippen LogP contribution < -0.4 is 10.6 Å². The molecular weight excluding hydrogens is 326 g/mol. The fourth-order valence-electron chi connectivity index (χ4n) is 2.32. The van der Waals surface area contributed by atoms with Crippen LogP contribution >= 0.6 is 11.3 Å². The summed E-state index contributed by atoms with van der Waals surface area (Å²) in [5.74, 6) is 1.89. The number of thiazole rings is 1. The second-order valence-electron chi connectivity index (χ2n) is 5.79. The molecule has 0 aliphatic carbocycles. The number of aryl methyl sites for hydroxylation is 1. The summed E-state index contributed by atoms with van der Waals surface area (Å²) in [5.41, 5.74) is -0.193. The number of guanidine groups is 1. The molecule has 1 unspecified atom stereocenters. The van der Waals surface area contributed by atoms with Gasteiger partial charge in [0.2, 0.25) is 0 Å². The Hall–Kier alpha value is -2.32. The minimum absolute atomic E-state index is 0.276. The smallest absolute Gasteiger partial charge is 0.193 e. The summed E-state index contributed by atoms with van der Waals surface area (Å²) >= 11 is 1.60. The molecular formula is C16H21N5O2S. The maximum Gasteiger partial charge on any atom is 0.193 e. The Morgan fingerprint density at radius 2 is 2.29 bits per heavy atom. The van der Waals surface area contributed by atoms with E-state index in [0.717, 1.165) is 16.4 Å². The SMILES string of the molecule is CN=C(NCc1cn2ccsc2n1)NCC(C)(O)c1ccc(C)o1. The largest absolute Gasteiger partial charge is 0.463 e. The van der Waals surface area contributed by atoms with Crippen LogP contribution in [0.2, 0.25) is 0 Å². The molecule has 0 aromatic carbocycles. The summed E-state index contributed by atoms with van der Waals surface area (Å²) in [7, 11) is 1.69. The van der Waals surface area contributed by atoms with Gasteiger partial charge in [-0.3, -0.25) is 9.39 Å². The van der Waals surface area contributed by atoms with Crippen molar-refractivity contribution in [1.29, 1.82) is 0 Å². The van der Waals surface area contributed by atoms with Crippen LogP contribution in [0.15, 0.2) is 39.3 Å². The molecule has 0 radical (unpaired) electrons. The van der Waals surface area contributed by atoms with Crippen molar-refractivity contribution < 1.29 is 9.52 Å². The fraction of sp³-hybridized carbons (Fsp3) is 0.375. The standard InChI is InChI=1S/C16H21N5O2S/c1-11-4-5-13(23-11)16(2,22)10-19-14(17-3)18-8-12-9-21-6-7-24-15(21)20-12/h4-7,9,22H,8,10H2,1-3H3,(H2,17,18,19). The van der Waals surface area contributed by atoms with Crippen LogP contribution in [0.25, 0.3) is 4.96 Å². The first-order valence-corrected chi connectivity index (χ1v) is 8.51. The highest BCUT2D eigenvalue weighted by atomic mass is 32.1. The lowest BCUT2D eigenvalue weighted by atomic mass is 10.0. The van der Waals surface area contributed by atoms with E-state index in [0.29, 0.717) is 18.3 Å². The Morgan fingerprint density at radius 1 is 1.46 bits per heavy atom.